The maximum atomic E-state index is 12.3. The second-order valence-corrected chi connectivity index (χ2v) is 7.21. The minimum atomic E-state index is -0.340. The van der Waals surface area contributed by atoms with Crippen molar-refractivity contribution in [3.05, 3.63) is 87.8 Å². The summed E-state index contributed by atoms with van der Waals surface area (Å²) >= 11 is 0. The fraction of sp³-hybridized carbons (Fsp3) is 0.167. The molecule has 3 aromatic carbocycles. The van der Waals surface area contributed by atoms with E-state index < -0.39 is 0 Å². The van der Waals surface area contributed by atoms with E-state index in [-0.39, 0.29) is 12.3 Å². The molecule has 0 atom stereocenters. The Bertz CT molecular complexity index is 1360. The van der Waals surface area contributed by atoms with Crippen LogP contribution in [0.3, 0.4) is 0 Å². The lowest BCUT2D eigenvalue weighted by atomic mass is 10.00. The summed E-state index contributed by atoms with van der Waals surface area (Å²) in [5, 5.41) is 17.4. The SMILES string of the molecule is COc1ccc(-c2ccc(OCc3c(C)cccc3-n3nnn(C)c3=O)cc2C#N)cc1. The van der Waals surface area contributed by atoms with E-state index in [0.29, 0.717) is 17.0 Å². The number of methoxy groups -OCH3 is 1. The quantitative estimate of drug-likeness (QED) is 0.468. The van der Waals surface area contributed by atoms with Crippen LogP contribution in [-0.4, -0.2) is 26.9 Å². The van der Waals surface area contributed by atoms with Crippen molar-refractivity contribution in [1.29, 1.82) is 5.26 Å². The van der Waals surface area contributed by atoms with Crippen molar-refractivity contribution in [3.8, 4) is 34.4 Å². The van der Waals surface area contributed by atoms with Crippen LogP contribution in [0.5, 0.6) is 11.5 Å². The highest BCUT2D eigenvalue weighted by atomic mass is 16.5. The number of aryl methyl sites for hydroxylation is 2. The topological polar surface area (TPSA) is 95.0 Å². The first-order chi connectivity index (χ1) is 15.5. The van der Waals surface area contributed by atoms with E-state index in [1.54, 1.807) is 26.3 Å². The largest absolute Gasteiger partial charge is 0.497 e. The van der Waals surface area contributed by atoms with Crippen LogP contribution in [0.25, 0.3) is 16.8 Å². The van der Waals surface area contributed by atoms with Gasteiger partial charge in [-0.1, -0.05) is 24.3 Å². The van der Waals surface area contributed by atoms with Gasteiger partial charge < -0.3 is 9.47 Å². The van der Waals surface area contributed by atoms with E-state index >= 15 is 0 Å². The summed E-state index contributed by atoms with van der Waals surface area (Å²) in [6.07, 6.45) is 0. The molecule has 32 heavy (non-hydrogen) atoms. The zero-order valence-corrected chi connectivity index (χ0v) is 17.9. The summed E-state index contributed by atoms with van der Waals surface area (Å²) in [4.78, 5) is 12.3. The molecule has 0 N–H and O–H groups in total. The second-order valence-electron chi connectivity index (χ2n) is 7.21. The Morgan fingerprint density at radius 3 is 2.44 bits per heavy atom. The van der Waals surface area contributed by atoms with E-state index in [1.165, 1.54) is 9.36 Å². The van der Waals surface area contributed by atoms with Crippen molar-refractivity contribution in [2.75, 3.05) is 7.11 Å². The highest BCUT2D eigenvalue weighted by molar-refractivity contribution is 5.72. The molecule has 160 valence electrons. The van der Waals surface area contributed by atoms with Gasteiger partial charge >= 0.3 is 5.69 Å². The van der Waals surface area contributed by atoms with Gasteiger partial charge in [0.05, 0.1) is 24.4 Å². The van der Waals surface area contributed by atoms with Gasteiger partial charge in [-0.15, -0.1) is 0 Å². The molecule has 0 saturated heterocycles. The monoisotopic (exact) mass is 427 g/mol. The minimum Gasteiger partial charge on any atom is -0.497 e. The number of nitrogens with zero attached hydrogens (tertiary/aromatic N) is 5. The van der Waals surface area contributed by atoms with Crippen molar-refractivity contribution in [2.24, 2.45) is 7.05 Å². The molecule has 1 aromatic heterocycles. The summed E-state index contributed by atoms with van der Waals surface area (Å²) in [5.41, 5.74) is 4.26. The average molecular weight is 427 g/mol. The third-order valence-corrected chi connectivity index (χ3v) is 5.23. The molecular weight excluding hydrogens is 406 g/mol. The predicted octanol–water partition coefficient (Wildman–Crippen LogP) is 3.40. The molecule has 0 aliphatic carbocycles. The van der Waals surface area contributed by atoms with Crippen LogP contribution >= 0.6 is 0 Å². The minimum absolute atomic E-state index is 0.206. The zero-order chi connectivity index (χ0) is 22.7. The molecule has 0 fully saturated rings. The van der Waals surface area contributed by atoms with Crippen LogP contribution in [-0.2, 0) is 13.7 Å². The van der Waals surface area contributed by atoms with Crippen LogP contribution in [0, 0.1) is 18.3 Å². The van der Waals surface area contributed by atoms with Crippen molar-refractivity contribution in [1.82, 2.24) is 19.8 Å². The Labute approximate surface area is 184 Å². The average Bonchev–Trinajstić information content (AvgIpc) is 3.16. The molecule has 0 unspecified atom stereocenters. The van der Waals surface area contributed by atoms with Crippen LogP contribution in [0.15, 0.2) is 65.5 Å². The molecule has 0 spiro atoms. The van der Waals surface area contributed by atoms with E-state index in [0.717, 1.165) is 28.0 Å². The third kappa shape index (κ3) is 3.96. The van der Waals surface area contributed by atoms with Crippen molar-refractivity contribution in [2.45, 2.75) is 13.5 Å². The Hall–Kier alpha value is -4.38. The molecular formula is C24H21N5O3. The molecule has 8 nitrogen and oxygen atoms in total. The fourth-order valence-corrected chi connectivity index (χ4v) is 3.42. The number of nitriles is 1. The Balaban J connectivity index is 1.62. The van der Waals surface area contributed by atoms with Gasteiger partial charge in [0, 0.05) is 12.6 Å². The molecule has 0 amide bonds. The van der Waals surface area contributed by atoms with Gasteiger partial charge in [-0.3, -0.25) is 0 Å². The van der Waals surface area contributed by atoms with Gasteiger partial charge in [-0.2, -0.15) is 14.6 Å². The molecule has 0 radical (unpaired) electrons. The van der Waals surface area contributed by atoms with Gasteiger partial charge in [-0.25, -0.2) is 4.79 Å². The number of rotatable bonds is 6. The lowest BCUT2D eigenvalue weighted by Gasteiger charge is -2.14. The molecule has 0 saturated carbocycles. The zero-order valence-electron chi connectivity index (χ0n) is 17.9. The molecule has 8 heteroatoms. The Morgan fingerprint density at radius 2 is 1.78 bits per heavy atom. The van der Waals surface area contributed by atoms with Crippen molar-refractivity contribution in [3.63, 3.8) is 0 Å². The van der Waals surface area contributed by atoms with E-state index in [4.69, 9.17) is 9.47 Å². The summed E-state index contributed by atoms with van der Waals surface area (Å²) in [6, 6.07) is 20.8. The van der Waals surface area contributed by atoms with Gasteiger partial charge in [0.1, 0.15) is 18.1 Å². The van der Waals surface area contributed by atoms with Crippen molar-refractivity contribution < 1.29 is 9.47 Å². The highest BCUT2D eigenvalue weighted by Gasteiger charge is 2.14. The highest BCUT2D eigenvalue weighted by Crippen LogP contribution is 2.29. The maximum absolute atomic E-state index is 12.3. The lowest BCUT2D eigenvalue weighted by molar-refractivity contribution is 0.304. The van der Waals surface area contributed by atoms with E-state index in [2.05, 4.69) is 16.5 Å². The van der Waals surface area contributed by atoms with E-state index in [1.807, 2.05) is 55.5 Å². The van der Waals surface area contributed by atoms with Crippen LogP contribution in [0.4, 0.5) is 0 Å². The first-order valence-electron chi connectivity index (χ1n) is 9.91. The number of tetrazole rings is 1. The van der Waals surface area contributed by atoms with Gasteiger partial charge in [-0.05, 0) is 70.4 Å². The Morgan fingerprint density at radius 1 is 1.03 bits per heavy atom. The maximum Gasteiger partial charge on any atom is 0.368 e. The van der Waals surface area contributed by atoms with Gasteiger partial charge in [0.15, 0.2) is 0 Å². The number of hydrogen-bond donors (Lipinski definition) is 0. The molecule has 0 aliphatic heterocycles. The van der Waals surface area contributed by atoms with Crippen LogP contribution in [0.2, 0.25) is 0 Å². The van der Waals surface area contributed by atoms with Crippen molar-refractivity contribution >= 4 is 0 Å². The number of aromatic nitrogens is 4. The lowest BCUT2D eigenvalue weighted by Crippen LogP contribution is -2.23. The van der Waals surface area contributed by atoms with Crippen LogP contribution in [0.1, 0.15) is 16.7 Å². The number of hydrogen-bond acceptors (Lipinski definition) is 6. The number of ether oxygens (including phenoxy) is 2. The molecule has 0 aliphatic rings. The molecule has 0 bridgehead atoms. The van der Waals surface area contributed by atoms with Crippen LogP contribution < -0.4 is 15.2 Å². The summed E-state index contributed by atoms with van der Waals surface area (Å²) in [7, 11) is 3.16. The summed E-state index contributed by atoms with van der Waals surface area (Å²) in [6.45, 7) is 2.15. The normalized spacial score (nSPS) is 10.6. The first-order valence-corrected chi connectivity index (χ1v) is 9.91. The molecule has 1 heterocycles. The van der Waals surface area contributed by atoms with Gasteiger partial charge in [0.2, 0.25) is 0 Å². The standard InChI is InChI=1S/C24H21N5O3/c1-16-5-4-6-23(29-24(30)28(2)26-27-29)22(16)15-32-20-11-12-21(18(13-20)14-25)17-7-9-19(31-3)10-8-17/h4-13H,15H2,1-3H3. The van der Waals surface area contributed by atoms with E-state index in [9.17, 15) is 10.1 Å². The number of benzene rings is 3. The summed E-state index contributed by atoms with van der Waals surface area (Å²) in [5.74, 6) is 1.31. The summed E-state index contributed by atoms with van der Waals surface area (Å²) < 4.78 is 13.6. The smallest absolute Gasteiger partial charge is 0.368 e. The fourth-order valence-electron chi connectivity index (χ4n) is 3.42. The second kappa shape index (κ2) is 8.78. The Kier molecular flexibility index (Phi) is 5.73. The predicted molar refractivity (Wildman–Crippen MR) is 119 cm³/mol. The van der Waals surface area contributed by atoms with Gasteiger partial charge in [0.25, 0.3) is 0 Å². The third-order valence-electron chi connectivity index (χ3n) is 5.23. The molecule has 4 rings (SSSR count). The molecule has 4 aromatic rings. The first kappa shape index (κ1) is 20.9.